The van der Waals surface area contributed by atoms with E-state index in [0.29, 0.717) is 23.1 Å². The second kappa shape index (κ2) is 10.2. The Labute approximate surface area is 200 Å². The average Bonchev–Trinajstić information content (AvgIpc) is 3.45. The van der Waals surface area contributed by atoms with E-state index in [-0.39, 0.29) is 34.7 Å². The molecule has 2 heterocycles. The van der Waals surface area contributed by atoms with E-state index < -0.39 is 0 Å². The van der Waals surface area contributed by atoms with Crippen molar-refractivity contribution in [2.45, 2.75) is 23.5 Å². The molecule has 0 radical (unpaired) electrons. The monoisotopic (exact) mass is 489 g/mol. The molecule has 1 fully saturated rings. The van der Waals surface area contributed by atoms with Crippen LogP contribution in [-0.2, 0) is 4.79 Å². The summed E-state index contributed by atoms with van der Waals surface area (Å²) in [5.41, 5.74) is 1.25. The fourth-order valence-corrected chi connectivity index (χ4v) is 5.72. The maximum absolute atomic E-state index is 14.3. The number of hydrogen-bond donors (Lipinski definition) is 0. The zero-order chi connectivity index (χ0) is 23.5. The summed E-state index contributed by atoms with van der Waals surface area (Å²) >= 11 is 2.84. The van der Waals surface area contributed by atoms with Crippen LogP contribution in [0.2, 0.25) is 0 Å². The zero-order valence-corrected chi connectivity index (χ0v) is 20.2. The van der Waals surface area contributed by atoms with Gasteiger partial charge in [0, 0.05) is 23.5 Å². The fraction of sp³-hybridized carbons (Fsp3) is 0.348. The Kier molecular flexibility index (Phi) is 7.35. The predicted molar refractivity (Wildman–Crippen MR) is 127 cm³/mol. The van der Waals surface area contributed by atoms with Gasteiger partial charge in [-0.05, 0) is 51.4 Å². The maximum atomic E-state index is 14.3. The average molecular weight is 490 g/mol. The lowest BCUT2D eigenvalue weighted by Crippen LogP contribution is -2.32. The number of rotatable bonds is 7. The zero-order valence-electron chi connectivity index (χ0n) is 18.6. The largest absolute Gasteiger partial charge is 0.325 e. The van der Waals surface area contributed by atoms with Gasteiger partial charge in [0.25, 0.3) is 0 Å². The van der Waals surface area contributed by atoms with Crippen LogP contribution in [0.3, 0.4) is 0 Å². The predicted octanol–water partition coefficient (Wildman–Crippen LogP) is 4.53. The summed E-state index contributed by atoms with van der Waals surface area (Å²) < 4.78 is 29.7. The lowest BCUT2D eigenvalue weighted by Gasteiger charge is -2.24. The van der Waals surface area contributed by atoms with Crippen LogP contribution in [0.5, 0.6) is 0 Å². The fourth-order valence-electron chi connectivity index (χ4n) is 3.58. The van der Waals surface area contributed by atoms with Crippen molar-refractivity contribution in [2.24, 2.45) is 0 Å². The van der Waals surface area contributed by atoms with Crippen molar-refractivity contribution < 1.29 is 13.6 Å². The molecule has 1 aliphatic rings. The lowest BCUT2D eigenvalue weighted by atomic mass is 10.2. The minimum atomic E-state index is -0.335. The highest BCUT2D eigenvalue weighted by Gasteiger charge is 2.32. The molecule has 0 spiro atoms. The van der Waals surface area contributed by atoms with Crippen LogP contribution in [0.15, 0.2) is 53.7 Å². The van der Waals surface area contributed by atoms with Crippen molar-refractivity contribution in [1.82, 2.24) is 24.6 Å². The first kappa shape index (κ1) is 23.7. The summed E-state index contributed by atoms with van der Waals surface area (Å²) in [6.07, 6.45) is 0. The first-order valence-corrected chi connectivity index (χ1v) is 12.6. The summed E-state index contributed by atoms with van der Waals surface area (Å²) in [5.74, 6) is 0.869. The van der Waals surface area contributed by atoms with Crippen LogP contribution >= 0.6 is 23.5 Å². The number of aromatic nitrogens is 3. The van der Waals surface area contributed by atoms with E-state index in [2.05, 4.69) is 10.2 Å². The van der Waals surface area contributed by atoms with E-state index >= 15 is 0 Å². The molecule has 174 valence electrons. The Hall–Kier alpha value is -2.43. The number of carbonyl (C=O) groups excluding carboxylic acids is 1. The van der Waals surface area contributed by atoms with Gasteiger partial charge in [-0.1, -0.05) is 30.0 Å². The summed E-state index contributed by atoms with van der Waals surface area (Å²) in [5, 5.41) is 8.91. The van der Waals surface area contributed by atoms with E-state index in [1.165, 1.54) is 30.0 Å². The van der Waals surface area contributed by atoms with Gasteiger partial charge in [0.15, 0.2) is 11.0 Å². The summed E-state index contributed by atoms with van der Waals surface area (Å²) in [4.78, 5) is 16.8. The number of thioether (sulfide) groups is 2. The quantitative estimate of drug-likeness (QED) is 0.455. The highest BCUT2D eigenvalue weighted by molar-refractivity contribution is 8.00. The highest BCUT2D eigenvalue weighted by atomic mass is 32.2. The van der Waals surface area contributed by atoms with E-state index in [0.717, 1.165) is 11.4 Å². The van der Waals surface area contributed by atoms with Gasteiger partial charge in [0.1, 0.15) is 17.0 Å². The third kappa shape index (κ3) is 5.07. The Balaban J connectivity index is 1.56. The molecule has 6 nitrogen and oxygen atoms in total. The second-order valence-corrected chi connectivity index (χ2v) is 10.0. The minimum absolute atomic E-state index is 0.0481. The van der Waals surface area contributed by atoms with Crippen LogP contribution in [-0.4, -0.2) is 62.6 Å². The van der Waals surface area contributed by atoms with Crippen molar-refractivity contribution in [1.29, 1.82) is 0 Å². The molecule has 10 heteroatoms. The van der Waals surface area contributed by atoms with Crippen LogP contribution in [0.1, 0.15) is 29.7 Å². The van der Waals surface area contributed by atoms with Gasteiger partial charge in [0.2, 0.25) is 5.91 Å². The second-order valence-electron chi connectivity index (χ2n) is 7.91. The molecule has 2 atom stereocenters. The molecule has 33 heavy (non-hydrogen) atoms. The first-order chi connectivity index (χ1) is 15.9. The SMILES string of the molecule is C[C@@H](c1nnc(SCC(=O)N2CCS[C@H]2c2ccccc2F)n1-c1ccc(F)cc1)N(C)C. The van der Waals surface area contributed by atoms with Crippen molar-refractivity contribution >= 4 is 29.4 Å². The normalized spacial score (nSPS) is 17.0. The molecule has 1 aromatic heterocycles. The molecule has 0 N–H and O–H groups in total. The van der Waals surface area contributed by atoms with Crippen molar-refractivity contribution in [3.63, 3.8) is 0 Å². The lowest BCUT2D eigenvalue weighted by molar-refractivity contribution is -0.128. The van der Waals surface area contributed by atoms with Crippen LogP contribution in [0.25, 0.3) is 5.69 Å². The number of amides is 1. The molecular weight excluding hydrogens is 464 g/mol. The molecule has 1 aliphatic heterocycles. The minimum Gasteiger partial charge on any atom is -0.325 e. The van der Waals surface area contributed by atoms with E-state index in [9.17, 15) is 13.6 Å². The molecular formula is C23H25F2N5OS2. The third-order valence-corrected chi connectivity index (χ3v) is 7.75. The number of nitrogens with zero attached hydrogens (tertiary/aromatic N) is 5. The summed E-state index contributed by atoms with van der Waals surface area (Å²) in [6.45, 7) is 2.57. The molecule has 1 saturated heterocycles. The molecule has 4 rings (SSSR count). The van der Waals surface area contributed by atoms with Crippen LogP contribution < -0.4 is 0 Å². The molecule has 3 aromatic rings. The van der Waals surface area contributed by atoms with Crippen molar-refractivity contribution in [3.05, 3.63) is 71.6 Å². The Bertz CT molecular complexity index is 1120. The van der Waals surface area contributed by atoms with Gasteiger partial charge in [-0.25, -0.2) is 8.78 Å². The molecule has 0 aliphatic carbocycles. The number of halogens is 2. The summed E-state index contributed by atoms with van der Waals surface area (Å²) in [6, 6.07) is 12.6. The van der Waals surface area contributed by atoms with Gasteiger partial charge in [-0.3, -0.25) is 14.3 Å². The Morgan fingerprint density at radius 2 is 1.91 bits per heavy atom. The Morgan fingerprint density at radius 3 is 2.61 bits per heavy atom. The summed E-state index contributed by atoms with van der Waals surface area (Å²) in [7, 11) is 3.89. The van der Waals surface area contributed by atoms with E-state index in [1.54, 1.807) is 47.0 Å². The van der Waals surface area contributed by atoms with Crippen LogP contribution in [0.4, 0.5) is 8.78 Å². The molecule has 0 unspecified atom stereocenters. The standard InChI is InChI=1S/C23H25F2N5OS2/c1-15(28(2)3)21-26-27-23(30(21)17-10-8-16(24)9-11-17)33-14-20(31)29-12-13-32-22(29)18-6-4-5-7-19(18)25/h4-11,15,22H,12-14H2,1-3H3/t15-,22-/m0/s1. The number of carbonyl (C=O) groups is 1. The number of benzene rings is 2. The van der Waals surface area contributed by atoms with E-state index in [1.807, 2.05) is 30.5 Å². The van der Waals surface area contributed by atoms with Gasteiger partial charge in [-0.2, -0.15) is 0 Å². The molecule has 0 saturated carbocycles. The molecule has 0 bridgehead atoms. The highest BCUT2D eigenvalue weighted by Crippen LogP contribution is 2.39. The topological polar surface area (TPSA) is 54.3 Å². The third-order valence-electron chi connectivity index (χ3n) is 5.60. The van der Waals surface area contributed by atoms with E-state index in [4.69, 9.17) is 0 Å². The first-order valence-electron chi connectivity index (χ1n) is 10.5. The Morgan fingerprint density at radius 1 is 1.18 bits per heavy atom. The van der Waals surface area contributed by atoms with Gasteiger partial charge < -0.3 is 4.90 Å². The van der Waals surface area contributed by atoms with Gasteiger partial charge >= 0.3 is 0 Å². The smallest absolute Gasteiger partial charge is 0.234 e. The van der Waals surface area contributed by atoms with Crippen molar-refractivity contribution in [3.8, 4) is 5.69 Å². The maximum Gasteiger partial charge on any atom is 0.234 e. The van der Waals surface area contributed by atoms with Gasteiger partial charge in [0.05, 0.1) is 11.8 Å². The van der Waals surface area contributed by atoms with Crippen LogP contribution in [0, 0.1) is 11.6 Å². The van der Waals surface area contributed by atoms with Crippen molar-refractivity contribution in [2.75, 3.05) is 32.1 Å². The number of hydrogen-bond acceptors (Lipinski definition) is 6. The molecule has 2 aromatic carbocycles. The van der Waals surface area contributed by atoms with Gasteiger partial charge in [-0.15, -0.1) is 22.0 Å². The molecule has 1 amide bonds.